The molecule has 12 heteroatoms. The molecule has 2 amide bonds. The highest BCUT2D eigenvalue weighted by Gasteiger charge is 2.31. The number of benzene rings is 2. The van der Waals surface area contributed by atoms with Crippen LogP contribution in [-0.4, -0.2) is 86.7 Å². The van der Waals surface area contributed by atoms with E-state index in [1.165, 1.54) is 12.1 Å². The van der Waals surface area contributed by atoms with Crippen LogP contribution in [0.25, 0.3) is 0 Å². The van der Waals surface area contributed by atoms with Crippen molar-refractivity contribution in [1.29, 1.82) is 0 Å². The van der Waals surface area contributed by atoms with Crippen molar-refractivity contribution in [3.63, 3.8) is 0 Å². The predicted octanol–water partition coefficient (Wildman–Crippen LogP) is 5.05. The maximum atomic E-state index is 14.3. The zero-order valence-electron chi connectivity index (χ0n) is 26.9. The molecule has 0 bridgehead atoms. The van der Waals surface area contributed by atoms with Gasteiger partial charge in [-0.2, -0.15) is 0 Å². The molecule has 3 aromatic rings. The number of carbonyl (C=O) groups is 2. The Kier molecular flexibility index (Phi) is 12.6. The van der Waals surface area contributed by atoms with Crippen LogP contribution in [0.4, 0.5) is 5.69 Å². The van der Waals surface area contributed by atoms with Crippen LogP contribution in [0.1, 0.15) is 56.0 Å². The second-order valence-corrected chi connectivity index (χ2v) is 14.8. The molecule has 1 aliphatic heterocycles. The van der Waals surface area contributed by atoms with Gasteiger partial charge in [0.15, 0.2) is 0 Å². The van der Waals surface area contributed by atoms with Crippen LogP contribution in [0.15, 0.2) is 70.3 Å². The van der Waals surface area contributed by atoms with Crippen molar-refractivity contribution in [3.05, 3.63) is 77.2 Å². The Bertz CT molecular complexity index is 1530. The molecule has 46 heavy (non-hydrogen) atoms. The summed E-state index contributed by atoms with van der Waals surface area (Å²) in [5, 5.41) is 11.9. The third-order valence-electron chi connectivity index (χ3n) is 8.14. The van der Waals surface area contributed by atoms with Crippen LogP contribution in [0, 0.1) is 5.92 Å². The number of fused-ring (bicyclic) bond motifs is 1. The number of amides is 2. The van der Waals surface area contributed by atoms with Gasteiger partial charge in [-0.15, -0.1) is 11.3 Å². The SMILES string of the molecule is C[C@@H]1CCCCO[C@@H](CN(C)C(=O)Cc2ccccc2)[C@H](C)CN([C@@H](C)CO)C(=O)c2cc(NS(=O)(=O)c3cccs3)ccc2O1. The summed E-state index contributed by atoms with van der Waals surface area (Å²) in [6, 6.07) is 16.9. The molecule has 0 saturated carbocycles. The number of nitrogens with zero attached hydrogens (tertiary/aromatic N) is 2. The fourth-order valence-corrected chi connectivity index (χ4v) is 7.39. The lowest BCUT2D eigenvalue weighted by molar-refractivity contribution is -0.131. The van der Waals surface area contributed by atoms with Crippen LogP contribution in [0.3, 0.4) is 0 Å². The molecule has 0 unspecified atom stereocenters. The number of aliphatic hydroxyl groups excluding tert-OH is 1. The van der Waals surface area contributed by atoms with E-state index in [0.717, 1.165) is 36.2 Å². The number of sulfonamides is 1. The standard InChI is InChI=1S/C34H45N3O7S2/c1-24-21-37(25(2)23-38)34(40)29-20-28(35-46(41,42)33-14-10-18-45-33)15-16-30(29)44-26(3)11-8-9-17-43-31(24)22-36(4)32(39)19-27-12-6-5-7-13-27/h5-7,10,12-16,18,20,24-26,31,35,38H,8-9,11,17,19,21-23H2,1-4H3/t24-,25+,26-,31+/m1/s1. The molecular weight excluding hydrogens is 627 g/mol. The molecule has 0 fully saturated rings. The average molecular weight is 672 g/mol. The molecule has 0 saturated heterocycles. The van der Waals surface area contributed by atoms with Gasteiger partial charge >= 0.3 is 0 Å². The Morgan fingerprint density at radius 1 is 1.13 bits per heavy atom. The largest absolute Gasteiger partial charge is 0.490 e. The van der Waals surface area contributed by atoms with Gasteiger partial charge in [0.2, 0.25) is 5.91 Å². The molecular formula is C34H45N3O7S2. The molecule has 1 aliphatic rings. The number of thiophene rings is 1. The van der Waals surface area contributed by atoms with Crippen molar-refractivity contribution in [1.82, 2.24) is 9.80 Å². The summed E-state index contributed by atoms with van der Waals surface area (Å²) < 4.78 is 41.3. The summed E-state index contributed by atoms with van der Waals surface area (Å²) in [5.74, 6) is -0.306. The van der Waals surface area contributed by atoms with E-state index < -0.39 is 22.0 Å². The number of aliphatic hydroxyl groups is 1. The molecule has 1 aromatic heterocycles. The smallest absolute Gasteiger partial charge is 0.271 e. The monoisotopic (exact) mass is 671 g/mol. The van der Waals surface area contributed by atoms with Crippen LogP contribution in [-0.2, 0) is 26.0 Å². The Morgan fingerprint density at radius 2 is 1.89 bits per heavy atom. The van der Waals surface area contributed by atoms with Crippen molar-refractivity contribution in [3.8, 4) is 5.75 Å². The van der Waals surface area contributed by atoms with E-state index in [0.29, 0.717) is 18.9 Å². The minimum Gasteiger partial charge on any atom is -0.490 e. The first-order valence-electron chi connectivity index (χ1n) is 15.7. The second kappa shape index (κ2) is 16.4. The highest BCUT2D eigenvalue weighted by Crippen LogP contribution is 2.30. The van der Waals surface area contributed by atoms with Gasteiger partial charge in [-0.1, -0.05) is 43.3 Å². The Morgan fingerprint density at radius 3 is 2.59 bits per heavy atom. The maximum Gasteiger partial charge on any atom is 0.271 e. The molecule has 250 valence electrons. The first-order chi connectivity index (χ1) is 22.0. The highest BCUT2D eigenvalue weighted by atomic mass is 32.2. The Balaban J connectivity index is 1.62. The summed E-state index contributed by atoms with van der Waals surface area (Å²) in [5.41, 5.74) is 1.35. The quantitative estimate of drug-likeness (QED) is 0.326. The van der Waals surface area contributed by atoms with Gasteiger partial charge in [-0.3, -0.25) is 14.3 Å². The van der Waals surface area contributed by atoms with Gasteiger partial charge < -0.3 is 24.4 Å². The first-order valence-corrected chi connectivity index (χ1v) is 18.0. The minimum absolute atomic E-state index is 0.0320. The lowest BCUT2D eigenvalue weighted by Crippen LogP contribution is -2.48. The van der Waals surface area contributed by atoms with Crippen LogP contribution >= 0.6 is 11.3 Å². The van der Waals surface area contributed by atoms with Gasteiger partial charge in [0, 0.05) is 38.3 Å². The van der Waals surface area contributed by atoms with Gasteiger partial charge in [-0.05, 0) is 68.3 Å². The normalized spacial score (nSPS) is 20.6. The lowest BCUT2D eigenvalue weighted by Gasteiger charge is -2.36. The van der Waals surface area contributed by atoms with Gasteiger partial charge in [-0.25, -0.2) is 8.42 Å². The molecule has 0 spiro atoms. The van der Waals surface area contributed by atoms with Crippen molar-refractivity contribution in [2.75, 3.05) is 38.1 Å². The number of nitrogens with one attached hydrogen (secondary N) is 1. The number of rotatable bonds is 9. The van der Waals surface area contributed by atoms with E-state index in [1.54, 1.807) is 47.4 Å². The molecule has 10 nitrogen and oxygen atoms in total. The van der Waals surface area contributed by atoms with Gasteiger partial charge in [0.05, 0.1) is 36.8 Å². The predicted molar refractivity (Wildman–Crippen MR) is 180 cm³/mol. The van der Waals surface area contributed by atoms with Gasteiger partial charge in [0.1, 0.15) is 9.96 Å². The Hall–Kier alpha value is -3.45. The summed E-state index contributed by atoms with van der Waals surface area (Å²) in [6.07, 6.45) is 2.04. The molecule has 4 rings (SSSR count). The number of carbonyl (C=O) groups excluding carboxylic acids is 2. The van der Waals surface area contributed by atoms with E-state index >= 15 is 0 Å². The topological polar surface area (TPSA) is 125 Å². The van der Waals surface area contributed by atoms with E-state index in [2.05, 4.69) is 4.72 Å². The van der Waals surface area contributed by atoms with Crippen molar-refractivity contribution in [2.24, 2.45) is 5.92 Å². The average Bonchev–Trinajstić information content (AvgIpc) is 3.59. The van der Waals surface area contributed by atoms with Crippen molar-refractivity contribution < 1.29 is 32.6 Å². The molecule has 2 aromatic carbocycles. The van der Waals surface area contributed by atoms with Crippen LogP contribution in [0.2, 0.25) is 0 Å². The number of hydrogen-bond donors (Lipinski definition) is 2. The summed E-state index contributed by atoms with van der Waals surface area (Å²) in [6.45, 7) is 6.44. The molecule has 2 heterocycles. The Labute approximate surface area is 276 Å². The van der Waals surface area contributed by atoms with Crippen LogP contribution in [0.5, 0.6) is 5.75 Å². The second-order valence-electron chi connectivity index (χ2n) is 12.0. The molecule has 0 aliphatic carbocycles. The number of anilines is 1. The van der Waals surface area contributed by atoms with E-state index in [1.807, 2.05) is 44.2 Å². The fraction of sp³-hybridized carbons (Fsp3) is 0.471. The third kappa shape index (κ3) is 9.54. The molecule has 2 N–H and O–H groups in total. The lowest BCUT2D eigenvalue weighted by atomic mass is 10.0. The first kappa shape index (κ1) is 35.4. The highest BCUT2D eigenvalue weighted by molar-refractivity contribution is 7.94. The van der Waals surface area contributed by atoms with E-state index in [4.69, 9.17) is 9.47 Å². The third-order valence-corrected chi connectivity index (χ3v) is 10.9. The zero-order valence-corrected chi connectivity index (χ0v) is 28.6. The fourth-order valence-electron chi connectivity index (χ4n) is 5.35. The summed E-state index contributed by atoms with van der Waals surface area (Å²) in [4.78, 5) is 30.7. The van der Waals surface area contributed by atoms with Crippen molar-refractivity contribution in [2.45, 2.75) is 68.9 Å². The van der Waals surface area contributed by atoms with E-state index in [9.17, 15) is 23.1 Å². The summed E-state index contributed by atoms with van der Waals surface area (Å²) >= 11 is 1.10. The maximum absolute atomic E-state index is 14.3. The van der Waals surface area contributed by atoms with E-state index in [-0.39, 0.29) is 59.1 Å². The number of likely N-dealkylation sites (N-methyl/N-ethyl adjacent to an activating group) is 1. The molecule has 4 atom stereocenters. The minimum atomic E-state index is -3.85. The zero-order chi connectivity index (χ0) is 33.3. The number of hydrogen-bond acceptors (Lipinski definition) is 8. The number of ether oxygens (including phenoxy) is 2. The van der Waals surface area contributed by atoms with Crippen molar-refractivity contribution >= 4 is 38.9 Å². The van der Waals surface area contributed by atoms with Gasteiger partial charge in [0.25, 0.3) is 15.9 Å². The van der Waals surface area contributed by atoms with Crippen LogP contribution < -0.4 is 9.46 Å². The molecule has 0 radical (unpaired) electrons. The summed E-state index contributed by atoms with van der Waals surface area (Å²) in [7, 11) is -2.08.